The van der Waals surface area contributed by atoms with E-state index in [1.165, 1.54) is 11.1 Å². The molecule has 0 atom stereocenters. The normalized spacial score (nSPS) is 10.2. The van der Waals surface area contributed by atoms with E-state index in [2.05, 4.69) is 19.1 Å². The average Bonchev–Trinajstić information content (AvgIpc) is 2.41. The van der Waals surface area contributed by atoms with Crippen LogP contribution < -0.4 is 15.2 Å². The quantitative estimate of drug-likeness (QED) is 0.836. The maximum Gasteiger partial charge on any atom is 0.163 e. The highest BCUT2D eigenvalue weighted by atomic mass is 16.5. The van der Waals surface area contributed by atoms with Gasteiger partial charge in [-0.2, -0.15) is 0 Å². The Morgan fingerprint density at radius 2 is 1.84 bits per heavy atom. The predicted octanol–water partition coefficient (Wildman–Crippen LogP) is 3.21. The van der Waals surface area contributed by atoms with Crippen molar-refractivity contribution in [3.8, 4) is 11.5 Å². The second kappa shape index (κ2) is 6.14. The third-order valence-corrected chi connectivity index (χ3v) is 3.08. The number of methoxy groups -OCH3 is 1. The number of benzene rings is 2. The molecule has 0 amide bonds. The van der Waals surface area contributed by atoms with Crippen molar-refractivity contribution in [1.29, 1.82) is 0 Å². The fourth-order valence-corrected chi connectivity index (χ4v) is 1.97. The highest BCUT2D eigenvalue weighted by Crippen LogP contribution is 2.29. The van der Waals surface area contributed by atoms with Crippen molar-refractivity contribution in [3.63, 3.8) is 0 Å². The zero-order valence-electron chi connectivity index (χ0n) is 11.3. The Hall–Kier alpha value is -2.16. The van der Waals surface area contributed by atoms with Crippen molar-refractivity contribution in [3.05, 3.63) is 53.6 Å². The molecule has 3 nitrogen and oxygen atoms in total. The Balaban J connectivity index is 2.00. The van der Waals surface area contributed by atoms with Crippen LogP contribution in [0.2, 0.25) is 0 Å². The Morgan fingerprint density at radius 3 is 2.58 bits per heavy atom. The first-order valence-corrected chi connectivity index (χ1v) is 6.31. The largest absolute Gasteiger partial charge is 0.493 e. The van der Waals surface area contributed by atoms with Gasteiger partial charge in [-0.05, 0) is 30.2 Å². The molecule has 0 saturated heterocycles. The second-order valence-electron chi connectivity index (χ2n) is 4.44. The zero-order valence-corrected chi connectivity index (χ0v) is 11.3. The summed E-state index contributed by atoms with van der Waals surface area (Å²) in [5.41, 5.74) is 9.01. The second-order valence-corrected chi connectivity index (χ2v) is 4.44. The van der Waals surface area contributed by atoms with Crippen LogP contribution in [0.4, 0.5) is 5.69 Å². The van der Waals surface area contributed by atoms with Gasteiger partial charge >= 0.3 is 0 Å². The summed E-state index contributed by atoms with van der Waals surface area (Å²) in [4.78, 5) is 0. The molecule has 0 spiro atoms. The molecule has 0 bridgehead atoms. The van der Waals surface area contributed by atoms with Crippen LogP contribution in [0.25, 0.3) is 0 Å². The van der Waals surface area contributed by atoms with Gasteiger partial charge in [0.05, 0.1) is 13.7 Å². The van der Waals surface area contributed by atoms with Crippen LogP contribution in [0.3, 0.4) is 0 Å². The maximum atomic E-state index is 5.76. The first-order valence-electron chi connectivity index (χ1n) is 6.31. The fourth-order valence-electron chi connectivity index (χ4n) is 1.97. The number of hydrogen-bond donors (Lipinski definition) is 1. The standard InChI is InChI=1S/C16H19NO2/c1-12-5-3-4-6-13(12)9-10-19-16-11-14(17)7-8-15(16)18-2/h3-8,11H,9-10,17H2,1-2H3. The summed E-state index contributed by atoms with van der Waals surface area (Å²) in [6.07, 6.45) is 0.866. The van der Waals surface area contributed by atoms with Gasteiger partial charge < -0.3 is 15.2 Å². The third kappa shape index (κ3) is 3.41. The van der Waals surface area contributed by atoms with E-state index in [1.54, 1.807) is 19.2 Å². The van der Waals surface area contributed by atoms with E-state index in [9.17, 15) is 0 Å². The molecule has 0 saturated carbocycles. The lowest BCUT2D eigenvalue weighted by Crippen LogP contribution is -2.04. The summed E-state index contributed by atoms with van der Waals surface area (Å²) in [6, 6.07) is 13.7. The predicted molar refractivity (Wildman–Crippen MR) is 77.8 cm³/mol. The number of anilines is 1. The van der Waals surface area contributed by atoms with Gasteiger partial charge in [0, 0.05) is 18.2 Å². The van der Waals surface area contributed by atoms with E-state index < -0.39 is 0 Å². The highest BCUT2D eigenvalue weighted by Gasteiger charge is 2.05. The Labute approximate surface area is 114 Å². The summed E-state index contributed by atoms with van der Waals surface area (Å²) >= 11 is 0. The summed E-state index contributed by atoms with van der Waals surface area (Å²) in [5, 5.41) is 0. The van der Waals surface area contributed by atoms with E-state index in [4.69, 9.17) is 15.2 Å². The summed E-state index contributed by atoms with van der Waals surface area (Å²) in [7, 11) is 1.62. The van der Waals surface area contributed by atoms with Crippen LogP contribution in [-0.2, 0) is 6.42 Å². The molecule has 0 aromatic heterocycles. The van der Waals surface area contributed by atoms with Crippen molar-refractivity contribution in [2.45, 2.75) is 13.3 Å². The SMILES string of the molecule is COc1ccc(N)cc1OCCc1ccccc1C. The zero-order chi connectivity index (χ0) is 13.7. The van der Waals surface area contributed by atoms with Gasteiger partial charge in [-0.3, -0.25) is 0 Å². The molecule has 100 valence electrons. The molecule has 19 heavy (non-hydrogen) atoms. The average molecular weight is 257 g/mol. The van der Waals surface area contributed by atoms with E-state index in [-0.39, 0.29) is 0 Å². The van der Waals surface area contributed by atoms with Crippen LogP contribution in [0.15, 0.2) is 42.5 Å². The Kier molecular flexibility index (Phi) is 4.29. The van der Waals surface area contributed by atoms with E-state index in [0.29, 0.717) is 23.8 Å². The van der Waals surface area contributed by atoms with E-state index in [1.807, 2.05) is 18.2 Å². The minimum absolute atomic E-state index is 0.602. The first-order chi connectivity index (χ1) is 9.20. The molecule has 2 aromatic carbocycles. The first kappa shape index (κ1) is 13.3. The molecule has 0 aliphatic rings. The number of ether oxygens (including phenoxy) is 2. The molecule has 0 radical (unpaired) electrons. The molecular weight excluding hydrogens is 238 g/mol. The summed E-state index contributed by atoms with van der Waals surface area (Å²) in [5.74, 6) is 1.40. The van der Waals surface area contributed by atoms with Gasteiger partial charge in [0.1, 0.15) is 0 Å². The fraction of sp³-hybridized carbons (Fsp3) is 0.250. The number of nitrogens with two attached hydrogens (primary N) is 1. The number of aryl methyl sites for hydroxylation is 1. The topological polar surface area (TPSA) is 44.5 Å². The lowest BCUT2D eigenvalue weighted by atomic mass is 10.1. The van der Waals surface area contributed by atoms with E-state index >= 15 is 0 Å². The maximum absolute atomic E-state index is 5.76. The lowest BCUT2D eigenvalue weighted by molar-refractivity contribution is 0.297. The molecule has 0 unspecified atom stereocenters. The number of hydrogen-bond acceptors (Lipinski definition) is 3. The van der Waals surface area contributed by atoms with Crippen molar-refractivity contribution in [1.82, 2.24) is 0 Å². The highest BCUT2D eigenvalue weighted by molar-refractivity contribution is 5.51. The number of rotatable bonds is 5. The molecule has 0 fully saturated rings. The molecular formula is C16H19NO2. The molecule has 3 heteroatoms. The molecule has 2 rings (SSSR count). The smallest absolute Gasteiger partial charge is 0.163 e. The van der Waals surface area contributed by atoms with Crippen LogP contribution in [0.5, 0.6) is 11.5 Å². The third-order valence-electron chi connectivity index (χ3n) is 3.08. The van der Waals surface area contributed by atoms with Gasteiger partial charge in [0.2, 0.25) is 0 Å². The lowest BCUT2D eigenvalue weighted by Gasteiger charge is -2.12. The van der Waals surface area contributed by atoms with Gasteiger partial charge in [0.15, 0.2) is 11.5 Å². The van der Waals surface area contributed by atoms with Gasteiger partial charge in [-0.25, -0.2) is 0 Å². The minimum atomic E-state index is 0.602. The van der Waals surface area contributed by atoms with Crippen molar-refractivity contribution < 1.29 is 9.47 Å². The summed E-state index contributed by atoms with van der Waals surface area (Å²) < 4.78 is 11.0. The van der Waals surface area contributed by atoms with Crippen LogP contribution in [0, 0.1) is 6.92 Å². The Morgan fingerprint density at radius 1 is 1.05 bits per heavy atom. The molecule has 0 aliphatic carbocycles. The van der Waals surface area contributed by atoms with Crippen molar-refractivity contribution in [2.75, 3.05) is 19.5 Å². The monoisotopic (exact) mass is 257 g/mol. The molecule has 0 heterocycles. The minimum Gasteiger partial charge on any atom is -0.493 e. The van der Waals surface area contributed by atoms with Gasteiger partial charge in [-0.1, -0.05) is 24.3 Å². The van der Waals surface area contributed by atoms with Crippen molar-refractivity contribution in [2.24, 2.45) is 0 Å². The van der Waals surface area contributed by atoms with Gasteiger partial charge in [-0.15, -0.1) is 0 Å². The molecule has 0 aliphatic heterocycles. The van der Waals surface area contributed by atoms with Crippen LogP contribution in [-0.4, -0.2) is 13.7 Å². The van der Waals surface area contributed by atoms with Crippen LogP contribution >= 0.6 is 0 Å². The Bertz CT molecular complexity index is 552. The van der Waals surface area contributed by atoms with E-state index in [0.717, 1.165) is 6.42 Å². The van der Waals surface area contributed by atoms with Crippen LogP contribution in [0.1, 0.15) is 11.1 Å². The number of nitrogen functional groups attached to an aromatic ring is 1. The van der Waals surface area contributed by atoms with Gasteiger partial charge in [0.25, 0.3) is 0 Å². The molecule has 2 aromatic rings. The van der Waals surface area contributed by atoms with Crippen molar-refractivity contribution >= 4 is 5.69 Å². The molecule has 2 N–H and O–H groups in total. The summed E-state index contributed by atoms with van der Waals surface area (Å²) in [6.45, 7) is 2.71.